The van der Waals surface area contributed by atoms with Crippen LogP contribution in [0.3, 0.4) is 0 Å². The first-order chi connectivity index (χ1) is 18.1. The molecule has 0 bridgehead atoms. The SMILES string of the molecule is CCCCN(CCCC)Cc1c(O)ccc2c(=O)c(Oc3ccc(C(=O)OCC)cc3)c(C(F)(F)F)oc12. The molecule has 0 atom stereocenters. The van der Waals surface area contributed by atoms with Gasteiger partial charge in [0, 0.05) is 6.54 Å². The van der Waals surface area contributed by atoms with Crippen molar-refractivity contribution in [3.8, 4) is 17.2 Å². The molecule has 0 saturated heterocycles. The summed E-state index contributed by atoms with van der Waals surface area (Å²) in [6, 6.07) is 7.66. The zero-order valence-corrected chi connectivity index (χ0v) is 21.7. The molecule has 3 aromatic rings. The number of hydrogen-bond acceptors (Lipinski definition) is 7. The van der Waals surface area contributed by atoms with Gasteiger partial charge in [-0.25, -0.2) is 4.79 Å². The number of phenolic OH excluding ortho intramolecular Hbond substituents is 1. The highest BCUT2D eigenvalue weighted by Gasteiger charge is 2.41. The third-order valence-corrected chi connectivity index (χ3v) is 5.98. The Morgan fingerprint density at radius 3 is 2.18 bits per heavy atom. The fraction of sp³-hybridized carbons (Fsp3) is 0.429. The summed E-state index contributed by atoms with van der Waals surface area (Å²) in [5.41, 5.74) is -1.06. The van der Waals surface area contributed by atoms with Gasteiger partial charge in [-0.15, -0.1) is 0 Å². The molecule has 1 N–H and O–H groups in total. The second-order valence-electron chi connectivity index (χ2n) is 8.86. The lowest BCUT2D eigenvalue weighted by atomic mass is 10.1. The summed E-state index contributed by atoms with van der Waals surface area (Å²) in [6.07, 6.45) is -1.45. The molecular weight excluding hydrogens is 503 g/mol. The van der Waals surface area contributed by atoms with Crippen molar-refractivity contribution in [3.05, 3.63) is 63.5 Å². The second-order valence-corrected chi connectivity index (χ2v) is 8.86. The summed E-state index contributed by atoms with van der Waals surface area (Å²) in [7, 11) is 0. The molecular formula is C28H32F3NO6. The number of rotatable bonds is 12. The second kappa shape index (κ2) is 12.8. The van der Waals surface area contributed by atoms with Crippen LogP contribution in [-0.2, 0) is 17.5 Å². The number of phenols is 1. The zero-order chi connectivity index (χ0) is 27.9. The number of ether oxygens (including phenoxy) is 2. The Kier molecular flexibility index (Phi) is 9.79. The van der Waals surface area contributed by atoms with E-state index in [-0.39, 0.29) is 46.7 Å². The van der Waals surface area contributed by atoms with Gasteiger partial charge in [-0.2, -0.15) is 13.2 Å². The number of hydrogen-bond donors (Lipinski definition) is 1. The summed E-state index contributed by atoms with van der Waals surface area (Å²) >= 11 is 0. The predicted octanol–water partition coefficient (Wildman–Crippen LogP) is 6.89. The maximum absolute atomic E-state index is 14.1. The minimum Gasteiger partial charge on any atom is -0.507 e. The Labute approximate surface area is 218 Å². The summed E-state index contributed by atoms with van der Waals surface area (Å²) in [5.74, 6) is -3.58. The molecule has 7 nitrogen and oxygen atoms in total. The minimum atomic E-state index is -5.06. The van der Waals surface area contributed by atoms with Gasteiger partial charge >= 0.3 is 12.1 Å². The number of aromatic hydroxyl groups is 1. The fourth-order valence-corrected chi connectivity index (χ4v) is 3.97. The maximum Gasteiger partial charge on any atom is 0.453 e. The van der Waals surface area contributed by atoms with Crippen LogP contribution in [0, 0.1) is 0 Å². The molecule has 0 aliphatic heterocycles. The van der Waals surface area contributed by atoms with E-state index in [1.807, 2.05) is 18.7 Å². The van der Waals surface area contributed by atoms with Gasteiger partial charge in [-0.05, 0) is 69.3 Å². The summed E-state index contributed by atoms with van der Waals surface area (Å²) in [6.45, 7) is 7.38. The first-order valence-corrected chi connectivity index (χ1v) is 12.7. The monoisotopic (exact) mass is 535 g/mol. The Balaban J connectivity index is 2.09. The Bertz CT molecular complexity index is 1290. The number of benzene rings is 2. The third kappa shape index (κ3) is 6.86. The van der Waals surface area contributed by atoms with E-state index < -0.39 is 29.1 Å². The van der Waals surface area contributed by atoms with Crippen LogP contribution >= 0.6 is 0 Å². The van der Waals surface area contributed by atoms with Crippen molar-refractivity contribution in [1.82, 2.24) is 4.90 Å². The van der Waals surface area contributed by atoms with E-state index in [4.69, 9.17) is 13.9 Å². The molecule has 10 heteroatoms. The molecule has 0 aliphatic rings. The van der Waals surface area contributed by atoms with E-state index in [2.05, 4.69) is 0 Å². The number of carbonyl (C=O) groups excluding carboxylic acids is 1. The van der Waals surface area contributed by atoms with Crippen LogP contribution in [0.25, 0.3) is 11.0 Å². The molecule has 2 aromatic carbocycles. The molecule has 0 radical (unpaired) electrons. The molecule has 1 heterocycles. The van der Waals surface area contributed by atoms with Gasteiger partial charge in [0.1, 0.15) is 17.1 Å². The molecule has 0 spiro atoms. The van der Waals surface area contributed by atoms with Gasteiger partial charge in [0.05, 0.1) is 23.1 Å². The summed E-state index contributed by atoms with van der Waals surface area (Å²) in [4.78, 5) is 27.2. The van der Waals surface area contributed by atoms with Crippen LogP contribution < -0.4 is 10.2 Å². The highest BCUT2D eigenvalue weighted by atomic mass is 19.4. The Hall–Kier alpha value is -3.53. The van der Waals surface area contributed by atoms with Crippen molar-refractivity contribution in [2.75, 3.05) is 19.7 Å². The minimum absolute atomic E-state index is 0.0977. The predicted molar refractivity (Wildman–Crippen MR) is 137 cm³/mol. The van der Waals surface area contributed by atoms with Crippen LogP contribution in [0.2, 0.25) is 0 Å². The van der Waals surface area contributed by atoms with E-state index in [9.17, 15) is 27.9 Å². The van der Waals surface area contributed by atoms with Gasteiger partial charge in [0.15, 0.2) is 0 Å². The molecule has 3 rings (SSSR count). The number of nitrogens with zero attached hydrogens (tertiary/aromatic N) is 1. The number of alkyl halides is 3. The lowest BCUT2D eigenvalue weighted by Gasteiger charge is -2.23. The number of fused-ring (bicyclic) bond motifs is 1. The molecule has 0 amide bonds. The van der Waals surface area contributed by atoms with Crippen LogP contribution in [0.1, 0.15) is 68.1 Å². The first kappa shape index (κ1) is 29.0. The zero-order valence-electron chi connectivity index (χ0n) is 21.7. The van der Waals surface area contributed by atoms with E-state index in [1.54, 1.807) is 6.92 Å². The van der Waals surface area contributed by atoms with Gasteiger partial charge in [0.25, 0.3) is 5.76 Å². The van der Waals surface area contributed by atoms with Crippen molar-refractivity contribution in [2.45, 2.75) is 59.2 Å². The number of unbranched alkanes of at least 4 members (excludes halogenated alkanes) is 2. The highest BCUT2D eigenvalue weighted by Crippen LogP contribution is 2.40. The quantitative estimate of drug-likeness (QED) is 0.253. The van der Waals surface area contributed by atoms with Crippen molar-refractivity contribution < 1.29 is 37.0 Å². The van der Waals surface area contributed by atoms with Crippen LogP contribution in [0.5, 0.6) is 17.2 Å². The van der Waals surface area contributed by atoms with Crippen molar-refractivity contribution in [1.29, 1.82) is 0 Å². The average molecular weight is 536 g/mol. The first-order valence-electron chi connectivity index (χ1n) is 12.7. The van der Waals surface area contributed by atoms with Crippen LogP contribution in [0.4, 0.5) is 13.2 Å². The molecule has 1 aromatic heterocycles. The molecule has 0 saturated carbocycles. The van der Waals surface area contributed by atoms with Gasteiger partial charge in [-0.3, -0.25) is 9.69 Å². The fourth-order valence-electron chi connectivity index (χ4n) is 3.97. The topological polar surface area (TPSA) is 89.2 Å². The van der Waals surface area contributed by atoms with Crippen LogP contribution in [0.15, 0.2) is 45.6 Å². The van der Waals surface area contributed by atoms with E-state index in [0.29, 0.717) is 13.1 Å². The smallest absolute Gasteiger partial charge is 0.453 e. The number of halogens is 3. The molecule has 206 valence electrons. The highest BCUT2D eigenvalue weighted by molar-refractivity contribution is 5.89. The summed E-state index contributed by atoms with van der Waals surface area (Å²) in [5, 5.41) is 10.4. The van der Waals surface area contributed by atoms with Gasteiger partial charge < -0.3 is 19.0 Å². The third-order valence-electron chi connectivity index (χ3n) is 5.98. The van der Waals surface area contributed by atoms with Crippen molar-refractivity contribution in [3.63, 3.8) is 0 Å². The Morgan fingerprint density at radius 1 is 1.00 bits per heavy atom. The van der Waals surface area contributed by atoms with Crippen molar-refractivity contribution >= 4 is 16.9 Å². The Morgan fingerprint density at radius 2 is 1.63 bits per heavy atom. The van der Waals surface area contributed by atoms with E-state index in [0.717, 1.165) is 25.7 Å². The molecule has 0 unspecified atom stereocenters. The maximum atomic E-state index is 14.1. The molecule has 0 aliphatic carbocycles. The van der Waals surface area contributed by atoms with E-state index in [1.165, 1.54) is 36.4 Å². The number of carbonyl (C=O) groups is 1. The van der Waals surface area contributed by atoms with Crippen LogP contribution in [-0.4, -0.2) is 35.7 Å². The van der Waals surface area contributed by atoms with Crippen molar-refractivity contribution in [2.24, 2.45) is 0 Å². The average Bonchev–Trinajstić information content (AvgIpc) is 2.88. The van der Waals surface area contributed by atoms with E-state index >= 15 is 0 Å². The lowest BCUT2D eigenvalue weighted by Crippen LogP contribution is -2.26. The summed E-state index contributed by atoms with van der Waals surface area (Å²) < 4.78 is 57.9. The van der Waals surface area contributed by atoms with Gasteiger partial charge in [0.2, 0.25) is 11.2 Å². The lowest BCUT2D eigenvalue weighted by molar-refractivity contribution is -0.154. The standard InChI is InChI=1S/C28H32F3NO6/c1-4-7-15-32(16-8-5-2)17-21-22(33)14-13-20-23(34)25(26(28(29,30)31)38-24(20)21)37-19-11-9-18(10-12-19)27(35)36-6-3/h9-14,33H,4-8,15-17H2,1-3H3. The molecule has 38 heavy (non-hydrogen) atoms. The number of esters is 1. The largest absolute Gasteiger partial charge is 0.507 e. The molecule has 0 fully saturated rings. The normalized spacial score (nSPS) is 11.8. The van der Waals surface area contributed by atoms with Gasteiger partial charge in [-0.1, -0.05) is 26.7 Å².